The van der Waals surface area contributed by atoms with Crippen molar-refractivity contribution in [2.75, 3.05) is 13.2 Å². The molecule has 3 nitrogen and oxygen atoms in total. The van der Waals surface area contributed by atoms with E-state index >= 15 is 0 Å². The van der Waals surface area contributed by atoms with Gasteiger partial charge in [-0.3, -0.25) is 0 Å². The fourth-order valence-electron chi connectivity index (χ4n) is 3.12. The molecule has 0 unspecified atom stereocenters. The van der Waals surface area contributed by atoms with Gasteiger partial charge in [0.2, 0.25) is 0 Å². The molecule has 0 radical (unpaired) electrons. The van der Waals surface area contributed by atoms with Crippen LogP contribution in [-0.4, -0.2) is 13.2 Å². The summed E-state index contributed by atoms with van der Waals surface area (Å²) >= 11 is 3.63. The van der Waals surface area contributed by atoms with Crippen LogP contribution in [0.2, 0.25) is 0 Å². The normalized spacial score (nSPS) is 10.5. The van der Waals surface area contributed by atoms with Crippen LogP contribution in [0.4, 0.5) is 4.39 Å². The van der Waals surface area contributed by atoms with Gasteiger partial charge in [0.05, 0.1) is 11.1 Å². The summed E-state index contributed by atoms with van der Waals surface area (Å²) < 4.78 is 26.5. The molecule has 0 atom stereocenters. The molecule has 3 aromatic carbocycles. The quantitative estimate of drug-likeness (QED) is 0.312. The first-order valence-corrected chi connectivity index (χ1v) is 10.9. The monoisotopic (exact) mass is 507 g/mol. The molecule has 0 aromatic heterocycles. The molecular weight excluding hydrogens is 481 g/mol. The number of hydrogen-bond acceptors (Lipinski definition) is 3. The van der Waals surface area contributed by atoms with Gasteiger partial charge in [-0.05, 0) is 77.6 Å². The van der Waals surface area contributed by atoms with Crippen molar-refractivity contribution < 1.29 is 13.9 Å². The van der Waals surface area contributed by atoms with Crippen LogP contribution in [0.1, 0.15) is 29.2 Å². The smallest absolute Gasteiger partial charge is 0.175 e. The molecule has 0 fully saturated rings. The van der Waals surface area contributed by atoms with E-state index in [-0.39, 0.29) is 18.2 Å². The highest BCUT2D eigenvalue weighted by Crippen LogP contribution is 2.37. The molecule has 3 rings (SSSR count). The first-order chi connectivity index (χ1) is 14.6. The second-order valence-electron chi connectivity index (χ2n) is 7.13. The van der Waals surface area contributed by atoms with E-state index in [1.165, 1.54) is 11.6 Å². The highest BCUT2D eigenvalue weighted by molar-refractivity contribution is 9.10. The lowest BCUT2D eigenvalue weighted by atomic mass is 10.1. The van der Waals surface area contributed by atoms with Gasteiger partial charge in [-0.15, -0.1) is 12.4 Å². The van der Waals surface area contributed by atoms with Gasteiger partial charge in [0.25, 0.3) is 0 Å². The van der Waals surface area contributed by atoms with Gasteiger partial charge in [-0.25, -0.2) is 4.39 Å². The molecule has 3 aromatic rings. The Morgan fingerprint density at radius 1 is 0.968 bits per heavy atom. The number of ether oxygens (including phenoxy) is 2. The predicted molar refractivity (Wildman–Crippen MR) is 130 cm³/mol. The standard InChI is InChI=1S/C25H27BrFNO2.ClH/c1-3-29-24-15-20(16-28-13-12-21-6-4-5-7-23(21)27)14-22(26)25(24)30-17-19-10-8-18(2)9-11-19;/h4-11,14-15,28H,3,12-13,16-17H2,1-2H3;1H. The molecule has 166 valence electrons. The molecule has 0 aliphatic rings. The molecule has 0 bridgehead atoms. The summed E-state index contributed by atoms with van der Waals surface area (Å²) in [6.07, 6.45) is 0.643. The fourth-order valence-corrected chi connectivity index (χ4v) is 3.73. The van der Waals surface area contributed by atoms with Crippen molar-refractivity contribution in [3.8, 4) is 11.5 Å². The Balaban J connectivity index is 0.00000341. The summed E-state index contributed by atoms with van der Waals surface area (Å²) in [5, 5.41) is 3.37. The van der Waals surface area contributed by atoms with Crippen LogP contribution in [0.15, 0.2) is 65.1 Å². The SMILES string of the molecule is CCOc1cc(CNCCc2ccccc2F)cc(Br)c1OCc1ccc(C)cc1.Cl. The molecule has 0 saturated heterocycles. The number of benzene rings is 3. The minimum absolute atomic E-state index is 0. The predicted octanol–water partition coefficient (Wildman–Crippen LogP) is 6.63. The van der Waals surface area contributed by atoms with Crippen molar-refractivity contribution in [1.29, 1.82) is 0 Å². The summed E-state index contributed by atoms with van der Waals surface area (Å²) in [5.74, 6) is 1.26. The second-order valence-corrected chi connectivity index (χ2v) is 7.98. The van der Waals surface area contributed by atoms with E-state index in [9.17, 15) is 4.39 Å². The molecule has 0 heterocycles. The fraction of sp³-hybridized carbons (Fsp3) is 0.280. The van der Waals surface area contributed by atoms with Crippen molar-refractivity contribution in [1.82, 2.24) is 5.32 Å². The van der Waals surface area contributed by atoms with Crippen LogP contribution >= 0.6 is 28.3 Å². The Bertz CT molecular complexity index is 966. The van der Waals surface area contributed by atoms with Crippen molar-refractivity contribution in [3.63, 3.8) is 0 Å². The van der Waals surface area contributed by atoms with Crippen LogP contribution in [0.5, 0.6) is 11.5 Å². The van der Waals surface area contributed by atoms with Crippen molar-refractivity contribution >= 4 is 28.3 Å². The Kier molecular flexibility index (Phi) is 10.3. The van der Waals surface area contributed by atoms with Crippen molar-refractivity contribution in [3.05, 3.63) is 93.2 Å². The summed E-state index contributed by atoms with van der Waals surface area (Å²) in [6.45, 7) is 6.39. The van der Waals surface area contributed by atoms with E-state index in [2.05, 4.69) is 52.4 Å². The van der Waals surface area contributed by atoms with Crippen LogP contribution in [0, 0.1) is 12.7 Å². The van der Waals surface area contributed by atoms with E-state index < -0.39 is 0 Å². The maximum atomic E-state index is 13.7. The molecule has 6 heteroatoms. The summed E-state index contributed by atoms with van der Waals surface area (Å²) in [5.41, 5.74) is 4.12. The first-order valence-electron chi connectivity index (χ1n) is 10.1. The van der Waals surface area contributed by atoms with E-state index in [4.69, 9.17) is 9.47 Å². The Hall–Kier alpha value is -2.08. The van der Waals surface area contributed by atoms with Crippen LogP contribution in [0.3, 0.4) is 0 Å². The largest absolute Gasteiger partial charge is 0.490 e. The topological polar surface area (TPSA) is 30.5 Å². The van der Waals surface area contributed by atoms with Gasteiger partial charge in [-0.1, -0.05) is 48.0 Å². The lowest BCUT2D eigenvalue weighted by Crippen LogP contribution is -2.17. The van der Waals surface area contributed by atoms with E-state index in [0.29, 0.717) is 44.2 Å². The Labute approximate surface area is 198 Å². The molecule has 0 aliphatic carbocycles. The average Bonchev–Trinajstić information content (AvgIpc) is 2.73. The number of hydrogen-bond donors (Lipinski definition) is 1. The van der Waals surface area contributed by atoms with Crippen LogP contribution in [0.25, 0.3) is 0 Å². The van der Waals surface area contributed by atoms with Gasteiger partial charge >= 0.3 is 0 Å². The zero-order valence-corrected chi connectivity index (χ0v) is 20.2. The molecular formula is C25H28BrClFNO2. The van der Waals surface area contributed by atoms with Gasteiger partial charge in [-0.2, -0.15) is 0 Å². The third kappa shape index (κ3) is 7.53. The number of nitrogens with one attached hydrogen (secondary N) is 1. The van der Waals surface area contributed by atoms with Gasteiger partial charge in [0, 0.05) is 6.54 Å². The zero-order chi connectivity index (χ0) is 21.3. The lowest BCUT2D eigenvalue weighted by molar-refractivity contribution is 0.267. The highest BCUT2D eigenvalue weighted by Gasteiger charge is 2.13. The minimum Gasteiger partial charge on any atom is -0.490 e. The maximum absolute atomic E-state index is 13.7. The zero-order valence-electron chi connectivity index (χ0n) is 17.8. The summed E-state index contributed by atoms with van der Waals surface area (Å²) in [7, 11) is 0. The molecule has 1 N–H and O–H groups in total. The molecule has 0 amide bonds. The minimum atomic E-state index is -0.157. The van der Waals surface area contributed by atoms with Gasteiger partial charge in [0.1, 0.15) is 12.4 Å². The van der Waals surface area contributed by atoms with Gasteiger partial charge in [0.15, 0.2) is 11.5 Å². The number of halogens is 3. The first kappa shape index (κ1) is 25.2. The second kappa shape index (κ2) is 12.7. The maximum Gasteiger partial charge on any atom is 0.175 e. The summed E-state index contributed by atoms with van der Waals surface area (Å²) in [6, 6.07) is 19.2. The summed E-state index contributed by atoms with van der Waals surface area (Å²) in [4.78, 5) is 0. The number of rotatable bonds is 10. The third-order valence-electron chi connectivity index (χ3n) is 4.73. The number of aryl methyl sites for hydroxylation is 1. The highest BCUT2D eigenvalue weighted by atomic mass is 79.9. The van der Waals surface area contributed by atoms with E-state index in [0.717, 1.165) is 21.2 Å². The molecule has 0 aliphatic heterocycles. The third-order valence-corrected chi connectivity index (χ3v) is 5.32. The Morgan fingerprint density at radius 3 is 2.42 bits per heavy atom. The van der Waals surface area contributed by atoms with Crippen LogP contribution < -0.4 is 14.8 Å². The molecule has 31 heavy (non-hydrogen) atoms. The molecule has 0 saturated carbocycles. The molecule has 0 spiro atoms. The van der Waals surface area contributed by atoms with Crippen molar-refractivity contribution in [2.45, 2.75) is 33.4 Å². The van der Waals surface area contributed by atoms with Gasteiger partial charge < -0.3 is 14.8 Å². The van der Waals surface area contributed by atoms with Crippen LogP contribution in [-0.2, 0) is 19.6 Å². The van der Waals surface area contributed by atoms with E-state index in [1.54, 1.807) is 6.07 Å². The Morgan fingerprint density at radius 2 is 1.71 bits per heavy atom. The van der Waals surface area contributed by atoms with Crippen molar-refractivity contribution in [2.24, 2.45) is 0 Å². The van der Waals surface area contributed by atoms with E-state index in [1.807, 2.05) is 31.2 Å². The lowest BCUT2D eigenvalue weighted by Gasteiger charge is -2.16. The average molecular weight is 509 g/mol.